The summed E-state index contributed by atoms with van der Waals surface area (Å²) >= 11 is 0. The van der Waals surface area contributed by atoms with Crippen LogP contribution in [0.4, 0.5) is 0 Å². The number of nitrogens with one attached hydrogen (secondary N) is 1. The Morgan fingerprint density at radius 2 is 1.57 bits per heavy atom. The van der Waals surface area contributed by atoms with Gasteiger partial charge in [0.15, 0.2) is 9.84 Å². The number of sulfone groups is 1. The number of carbonyl (C=O) groups excluding carboxylic acids is 1. The summed E-state index contributed by atoms with van der Waals surface area (Å²) in [5.41, 5.74) is 1.45. The molecule has 1 atom stereocenters. The first-order valence-corrected chi connectivity index (χ1v) is 8.43. The van der Waals surface area contributed by atoms with Crippen LogP contribution in [-0.2, 0) is 9.84 Å². The molecule has 0 aliphatic carbocycles. The van der Waals surface area contributed by atoms with Gasteiger partial charge in [-0.25, -0.2) is 8.42 Å². The number of amides is 1. The highest BCUT2D eigenvalue weighted by atomic mass is 32.2. The molecule has 0 aliphatic heterocycles. The predicted octanol–water partition coefficient (Wildman–Crippen LogP) is 2.58. The third-order valence-electron chi connectivity index (χ3n) is 3.19. The van der Waals surface area contributed by atoms with Gasteiger partial charge in [0.25, 0.3) is 5.91 Å². The lowest BCUT2D eigenvalue weighted by molar-refractivity contribution is 0.0940. The molecule has 0 saturated heterocycles. The highest BCUT2D eigenvalue weighted by molar-refractivity contribution is 7.90. The van der Waals surface area contributed by atoms with Gasteiger partial charge in [-0.1, -0.05) is 30.3 Å². The second-order valence-electron chi connectivity index (χ2n) is 4.90. The van der Waals surface area contributed by atoms with Gasteiger partial charge in [0.2, 0.25) is 0 Å². The molecule has 1 amide bonds. The molecule has 0 heterocycles. The zero-order valence-electron chi connectivity index (χ0n) is 11.9. The highest BCUT2D eigenvalue weighted by Crippen LogP contribution is 2.16. The van der Waals surface area contributed by atoms with E-state index in [1.54, 1.807) is 48.5 Å². The van der Waals surface area contributed by atoms with E-state index < -0.39 is 9.84 Å². The number of carbonyl (C=O) groups is 1. The van der Waals surface area contributed by atoms with E-state index in [-0.39, 0.29) is 16.8 Å². The van der Waals surface area contributed by atoms with E-state index in [0.717, 1.165) is 5.56 Å². The maximum atomic E-state index is 12.0. The van der Waals surface area contributed by atoms with Gasteiger partial charge in [-0.15, -0.1) is 0 Å². The molecule has 2 rings (SSSR count). The average molecular weight is 303 g/mol. The van der Waals surface area contributed by atoms with Gasteiger partial charge < -0.3 is 5.32 Å². The molecule has 0 spiro atoms. The molecule has 0 aromatic heterocycles. The van der Waals surface area contributed by atoms with Crippen LogP contribution in [0.15, 0.2) is 59.5 Å². The van der Waals surface area contributed by atoms with E-state index in [4.69, 9.17) is 0 Å². The Balaban J connectivity index is 2.10. The lowest BCUT2D eigenvalue weighted by atomic mass is 10.1. The van der Waals surface area contributed by atoms with E-state index in [0.29, 0.717) is 5.56 Å². The van der Waals surface area contributed by atoms with Gasteiger partial charge in [0.05, 0.1) is 10.9 Å². The molecule has 0 aliphatic rings. The molecule has 21 heavy (non-hydrogen) atoms. The first kappa shape index (κ1) is 15.3. The van der Waals surface area contributed by atoms with Crippen molar-refractivity contribution in [3.63, 3.8) is 0 Å². The fourth-order valence-electron chi connectivity index (χ4n) is 1.96. The summed E-state index contributed by atoms with van der Waals surface area (Å²) in [6.07, 6.45) is 1.17. The summed E-state index contributed by atoms with van der Waals surface area (Å²) < 4.78 is 22.8. The van der Waals surface area contributed by atoms with Crippen LogP contribution in [0.5, 0.6) is 0 Å². The van der Waals surface area contributed by atoms with Crippen LogP contribution in [0.1, 0.15) is 28.9 Å². The van der Waals surface area contributed by atoms with Crippen molar-refractivity contribution in [2.75, 3.05) is 6.26 Å². The summed E-state index contributed by atoms with van der Waals surface area (Å²) in [5, 5.41) is 2.88. The maximum Gasteiger partial charge on any atom is 0.251 e. The van der Waals surface area contributed by atoms with Crippen LogP contribution >= 0.6 is 0 Å². The van der Waals surface area contributed by atoms with Crippen molar-refractivity contribution < 1.29 is 13.2 Å². The Morgan fingerprint density at radius 1 is 1.00 bits per heavy atom. The fourth-order valence-corrected chi connectivity index (χ4v) is 2.59. The van der Waals surface area contributed by atoms with Crippen molar-refractivity contribution in [2.24, 2.45) is 0 Å². The molecule has 2 aromatic rings. The van der Waals surface area contributed by atoms with Crippen molar-refractivity contribution in [3.8, 4) is 0 Å². The topological polar surface area (TPSA) is 63.2 Å². The van der Waals surface area contributed by atoms with Gasteiger partial charge in [-0.2, -0.15) is 0 Å². The van der Waals surface area contributed by atoms with Gasteiger partial charge in [0.1, 0.15) is 0 Å². The smallest absolute Gasteiger partial charge is 0.251 e. The Morgan fingerprint density at radius 3 is 2.10 bits per heavy atom. The summed E-state index contributed by atoms with van der Waals surface area (Å²) in [6.45, 7) is 1.86. The van der Waals surface area contributed by atoms with E-state index in [1.807, 2.05) is 13.0 Å². The van der Waals surface area contributed by atoms with Crippen LogP contribution in [-0.4, -0.2) is 20.6 Å². The number of hydrogen-bond donors (Lipinski definition) is 1. The van der Waals surface area contributed by atoms with E-state index in [1.165, 1.54) is 6.26 Å². The third-order valence-corrected chi connectivity index (χ3v) is 4.32. The number of benzene rings is 2. The molecule has 1 unspecified atom stereocenters. The Kier molecular flexibility index (Phi) is 4.43. The van der Waals surface area contributed by atoms with Crippen LogP contribution in [0.2, 0.25) is 0 Å². The molecule has 4 nitrogen and oxygen atoms in total. The summed E-state index contributed by atoms with van der Waals surface area (Å²) in [6, 6.07) is 15.3. The van der Waals surface area contributed by atoms with Crippen LogP contribution in [0.25, 0.3) is 0 Å². The Labute approximate surface area is 124 Å². The maximum absolute atomic E-state index is 12.0. The number of hydrogen-bond acceptors (Lipinski definition) is 3. The normalized spacial score (nSPS) is 12.7. The summed E-state index contributed by atoms with van der Waals surface area (Å²) in [7, 11) is -3.20. The van der Waals surface area contributed by atoms with Gasteiger partial charge in [0, 0.05) is 11.8 Å². The van der Waals surface area contributed by atoms with Crippen LogP contribution in [0.3, 0.4) is 0 Å². The largest absolute Gasteiger partial charge is 0.346 e. The lowest BCUT2D eigenvalue weighted by Gasteiger charge is -2.14. The molecule has 110 valence electrons. The molecule has 0 radical (unpaired) electrons. The quantitative estimate of drug-likeness (QED) is 0.944. The van der Waals surface area contributed by atoms with Crippen LogP contribution < -0.4 is 5.32 Å². The van der Waals surface area contributed by atoms with Gasteiger partial charge in [-0.05, 0) is 36.8 Å². The van der Waals surface area contributed by atoms with E-state index in [9.17, 15) is 13.2 Å². The minimum atomic E-state index is -3.20. The lowest BCUT2D eigenvalue weighted by Crippen LogP contribution is -2.26. The fraction of sp³-hybridized carbons (Fsp3) is 0.188. The van der Waals surface area contributed by atoms with Gasteiger partial charge >= 0.3 is 0 Å². The molecule has 5 heteroatoms. The SMILES string of the molecule is CC(NC(=O)c1ccccc1)c1ccc(S(C)(=O)=O)cc1. The van der Waals surface area contributed by atoms with E-state index >= 15 is 0 Å². The first-order valence-electron chi connectivity index (χ1n) is 6.54. The van der Waals surface area contributed by atoms with Crippen molar-refractivity contribution in [1.82, 2.24) is 5.32 Å². The highest BCUT2D eigenvalue weighted by Gasteiger charge is 2.12. The summed E-state index contributed by atoms with van der Waals surface area (Å²) in [5.74, 6) is -0.157. The average Bonchev–Trinajstić information content (AvgIpc) is 2.47. The minimum Gasteiger partial charge on any atom is -0.346 e. The van der Waals surface area contributed by atoms with Crippen molar-refractivity contribution in [2.45, 2.75) is 17.9 Å². The zero-order valence-corrected chi connectivity index (χ0v) is 12.7. The first-order chi connectivity index (χ1) is 9.88. The standard InChI is InChI=1S/C16H17NO3S/c1-12(17-16(18)14-6-4-3-5-7-14)13-8-10-15(11-9-13)21(2,19)20/h3-12H,1-2H3,(H,17,18). The molecule has 0 fully saturated rings. The van der Waals surface area contributed by atoms with Crippen molar-refractivity contribution in [3.05, 3.63) is 65.7 Å². The van der Waals surface area contributed by atoms with Crippen molar-refractivity contribution in [1.29, 1.82) is 0 Å². The monoisotopic (exact) mass is 303 g/mol. The minimum absolute atomic E-state index is 0.157. The Bertz CT molecular complexity index is 722. The second-order valence-corrected chi connectivity index (χ2v) is 6.92. The molecular formula is C16H17NO3S. The molecule has 0 bridgehead atoms. The van der Waals surface area contributed by atoms with Crippen LogP contribution in [0, 0.1) is 0 Å². The van der Waals surface area contributed by atoms with Crippen molar-refractivity contribution >= 4 is 15.7 Å². The molecule has 0 saturated carbocycles. The third kappa shape index (κ3) is 3.92. The summed E-state index contributed by atoms with van der Waals surface area (Å²) in [4.78, 5) is 12.3. The molecule has 2 aromatic carbocycles. The van der Waals surface area contributed by atoms with E-state index in [2.05, 4.69) is 5.32 Å². The molecule has 1 N–H and O–H groups in total. The Hall–Kier alpha value is -2.14. The predicted molar refractivity (Wildman–Crippen MR) is 81.9 cm³/mol. The zero-order chi connectivity index (χ0) is 15.5. The number of rotatable bonds is 4. The van der Waals surface area contributed by atoms with Gasteiger partial charge in [-0.3, -0.25) is 4.79 Å². The second kappa shape index (κ2) is 6.10. The molecular weight excluding hydrogens is 286 g/mol.